The van der Waals surface area contributed by atoms with Gasteiger partial charge < -0.3 is 15.5 Å². The Morgan fingerprint density at radius 2 is 1.86 bits per heavy atom. The molecule has 0 unspecified atom stereocenters. The Kier molecular flexibility index (Phi) is 6.51. The molecule has 0 saturated carbocycles. The van der Waals surface area contributed by atoms with Crippen molar-refractivity contribution < 1.29 is 19.8 Å². The Morgan fingerprint density at radius 1 is 1.23 bits per heavy atom. The number of rotatable bonds is 3. The molecule has 3 N–H and O–H groups in total. The van der Waals surface area contributed by atoms with Gasteiger partial charge in [0.15, 0.2) is 0 Å². The Balaban J connectivity index is 0.000000255. The molecule has 0 aliphatic rings. The lowest BCUT2D eigenvalue weighted by molar-refractivity contribution is 0.0702. The van der Waals surface area contributed by atoms with E-state index >= 15 is 0 Å². The first-order chi connectivity index (χ1) is 10.4. The number of benzene rings is 1. The van der Waals surface area contributed by atoms with Crippen molar-refractivity contribution in [1.82, 2.24) is 5.01 Å². The highest BCUT2D eigenvalue weighted by Crippen LogP contribution is 2.13. The van der Waals surface area contributed by atoms with E-state index in [1.165, 1.54) is 42.6 Å². The van der Waals surface area contributed by atoms with Crippen LogP contribution in [-0.2, 0) is 0 Å². The molecule has 1 aromatic carbocycles. The highest BCUT2D eigenvalue weighted by atomic mass is 32.1. The normalized spacial score (nSPS) is 9.14. The van der Waals surface area contributed by atoms with E-state index in [2.05, 4.69) is 10.6 Å². The number of nitroso groups, excluding NO2 is 1. The molecule has 0 spiro atoms. The summed E-state index contributed by atoms with van der Waals surface area (Å²) >= 11 is 1.23. The lowest BCUT2D eigenvalue weighted by Gasteiger charge is -2.08. The molecule has 2 amide bonds. The minimum absolute atomic E-state index is 0.102. The van der Waals surface area contributed by atoms with Crippen molar-refractivity contribution in [2.45, 2.75) is 0 Å². The molecule has 0 radical (unpaired) electrons. The third-order valence-electron chi connectivity index (χ3n) is 2.27. The monoisotopic (exact) mass is 323 g/mol. The summed E-state index contributed by atoms with van der Waals surface area (Å²) < 4.78 is 0. The first kappa shape index (κ1) is 17.1. The van der Waals surface area contributed by atoms with E-state index in [1.807, 2.05) is 0 Å². The molecule has 2 aromatic rings. The van der Waals surface area contributed by atoms with Crippen LogP contribution in [0.1, 0.15) is 9.67 Å². The summed E-state index contributed by atoms with van der Waals surface area (Å²) in [6.45, 7) is 0. The number of urea groups is 1. The predicted molar refractivity (Wildman–Crippen MR) is 82.0 cm³/mol. The number of amides is 2. The number of anilines is 1. The van der Waals surface area contributed by atoms with Crippen molar-refractivity contribution in [3.8, 4) is 5.75 Å². The van der Waals surface area contributed by atoms with Gasteiger partial charge in [0.2, 0.25) is 0 Å². The zero-order valence-corrected chi connectivity index (χ0v) is 12.3. The lowest BCUT2D eigenvalue weighted by atomic mass is 10.3. The fourth-order valence-corrected chi connectivity index (χ4v) is 1.75. The maximum absolute atomic E-state index is 11.1. The van der Waals surface area contributed by atoms with Crippen LogP contribution in [0.3, 0.4) is 0 Å². The maximum Gasteiger partial charge on any atom is 0.345 e. The molecule has 116 valence electrons. The van der Waals surface area contributed by atoms with Crippen LogP contribution in [-0.4, -0.2) is 34.3 Å². The Labute approximate surface area is 129 Å². The van der Waals surface area contributed by atoms with Crippen molar-refractivity contribution in [1.29, 1.82) is 0 Å². The molecule has 2 rings (SSSR count). The molecule has 1 aromatic heterocycles. The smallest absolute Gasteiger partial charge is 0.345 e. The second kappa shape index (κ2) is 8.37. The number of carboxylic acid groups (broad SMARTS) is 1. The summed E-state index contributed by atoms with van der Waals surface area (Å²) in [5.74, 6) is -0.745. The number of aromatic hydroxyl groups is 1. The summed E-state index contributed by atoms with van der Waals surface area (Å²) in [4.78, 5) is 31.5. The number of thiophene rings is 1. The molecule has 0 fully saturated rings. The van der Waals surface area contributed by atoms with Gasteiger partial charge in [-0.15, -0.1) is 16.2 Å². The topological polar surface area (TPSA) is 119 Å². The van der Waals surface area contributed by atoms with Crippen molar-refractivity contribution in [2.24, 2.45) is 5.29 Å². The first-order valence-electron chi connectivity index (χ1n) is 5.88. The van der Waals surface area contributed by atoms with E-state index in [0.29, 0.717) is 15.6 Å². The van der Waals surface area contributed by atoms with Gasteiger partial charge >= 0.3 is 12.0 Å². The summed E-state index contributed by atoms with van der Waals surface area (Å²) in [5, 5.41) is 24.4. The first-order valence-corrected chi connectivity index (χ1v) is 6.76. The molecule has 22 heavy (non-hydrogen) atoms. The molecule has 0 bridgehead atoms. The van der Waals surface area contributed by atoms with Crippen LogP contribution < -0.4 is 5.32 Å². The molecule has 1 heterocycles. The predicted octanol–water partition coefficient (Wildman–Crippen LogP) is 2.98. The fraction of sp³-hybridized carbons (Fsp3) is 0.0769. The lowest BCUT2D eigenvalue weighted by Crippen LogP contribution is -2.26. The standard InChI is InChI=1S/C8H9N3O3.C5H4O2S/c1-11(10-14)8(13)9-6-2-4-7(12)5-3-6;6-5(7)4-2-1-3-8-4/h2-5,12H,1H3,(H,9,13);1-3H,(H,6,7). The average molecular weight is 323 g/mol. The molecular formula is C13H13N3O5S. The quantitative estimate of drug-likeness (QED) is 0.456. The number of aromatic carboxylic acids is 1. The Hall–Kier alpha value is -2.94. The van der Waals surface area contributed by atoms with Crippen molar-refractivity contribution >= 4 is 29.0 Å². The van der Waals surface area contributed by atoms with Crippen LogP contribution in [0.15, 0.2) is 47.1 Å². The van der Waals surface area contributed by atoms with Crippen molar-refractivity contribution in [3.05, 3.63) is 51.6 Å². The number of nitrogens with zero attached hydrogens (tertiary/aromatic N) is 2. The number of hydrogen-bond acceptors (Lipinski definition) is 6. The number of carboxylic acids is 1. The molecule has 0 aliphatic heterocycles. The molecular weight excluding hydrogens is 310 g/mol. The number of carbonyl (C=O) groups excluding carboxylic acids is 1. The van der Waals surface area contributed by atoms with Gasteiger partial charge in [-0.05, 0) is 35.7 Å². The van der Waals surface area contributed by atoms with E-state index in [0.717, 1.165) is 0 Å². The minimum atomic E-state index is -0.847. The van der Waals surface area contributed by atoms with Gasteiger partial charge in [-0.3, -0.25) is 0 Å². The molecule has 8 nitrogen and oxygen atoms in total. The zero-order valence-electron chi connectivity index (χ0n) is 11.5. The summed E-state index contributed by atoms with van der Waals surface area (Å²) in [6.07, 6.45) is 0. The van der Waals surface area contributed by atoms with Crippen LogP contribution >= 0.6 is 11.3 Å². The number of carbonyl (C=O) groups is 2. The van der Waals surface area contributed by atoms with E-state index < -0.39 is 12.0 Å². The fourth-order valence-electron chi connectivity index (χ4n) is 1.19. The van der Waals surface area contributed by atoms with Crippen molar-refractivity contribution in [3.63, 3.8) is 0 Å². The number of phenols is 1. The van der Waals surface area contributed by atoms with Crippen LogP contribution in [0, 0.1) is 4.91 Å². The second-order valence-corrected chi connectivity index (χ2v) is 4.81. The molecule has 0 saturated heterocycles. The molecule has 9 heteroatoms. The van der Waals surface area contributed by atoms with Gasteiger partial charge in [-0.25, -0.2) is 9.59 Å². The third kappa shape index (κ3) is 5.59. The van der Waals surface area contributed by atoms with Gasteiger partial charge in [0.25, 0.3) is 0 Å². The number of nitrogens with one attached hydrogen (secondary N) is 1. The second-order valence-electron chi connectivity index (χ2n) is 3.86. The summed E-state index contributed by atoms with van der Waals surface area (Å²) in [5.41, 5.74) is 0.475. The molecule has 0 atom stereocenters. The van der Waals surface area contributed by atoms with Gasteiger partial charge in [0.05, 0.1) is 5.29 Å². The van der Waals surface area contributed by atoms with Gasteiger partial charge in [-0.2, -0.15) is 5.01 Å². The minimum Gasteiger partial charge on any atom is -0.508 e. The number of hydrogen-bond donors (Lipinski definition) is 3. The largest absolute Gasteiger partial charge is 0.508 e. The van der Waals surface area contributed by atoms with Crippen LogP contribution in [0.2, 0.25) is 0 Å². The van der Waals surface area contributed by atoms with E-state index in [-0.39, 0.29) is 5.75 Å². The SMILES string of the molecule is CN(N=O)C(=O)Nc1ccc(O)cc1.O=C(O)c1cccs1. The van der Waals surface area contributed by atoms with Crippen LogP contribution in [0.4, 0.5) is 10.5 Å². The van der Waals surface area contributed by atoms with E-state index in [4.69, 9.17) is 10.2 Å². The van der Waals surface area contributed by atoms with E-state index in [1.54, 1.807) is 17.5 Å². The van der Waals surface area contributed by atoms with Gasteiger partial charge in [0, 0.05) is 12.7 Å². The maximum atomic E-state index is 11.1. The average Bonchev–Trinajstić information content (AvgIpc) is 3.04. The van der Waals surface area contributed by atoms with Gasteiger partial charge in [0.1, 0.15) is 10.6 Å². The third-order valence-corrected chi connectivity index (χ3v) is 3.12. The zero-order chi connectivity index (χ0) is 16.5. The highest BCUT2D eigenvalue weighted by Gasteiger charge is 2.07. The Bertz CT molecular complexity index is 628. The van der Waals surface area contributed by atoms with Crippen LogP contribution in [0.25, 0.3) is 0 Å². The van der Waals surface area contributed by atoms with Gasteiger partial charge in [-0.1, -0.05) is 6.07 Å². The van der Waals surface area contributed by atoms with Crippen molar-refractivity contribution in [2.75, 3.05) is 12.4 Å². The Morgan fingerprint density at radius 3 is 2.27 bits per heavy atom. The summed E-state index contributed by atoms with van der Waals surface area (Å²) in [7, 11) is 1.24. The number of phenolic OH excluding ortho intramolecular Hbond substituents is 1. The van der Waals surface area contributed by atoms with Crippen LogP contribution in [0.5, 0.6) is 5.75 Å². The summed E-state index contributed by atoms with van der Waals surface area (Å²) in [6, 6.07) is 8.51. The molecule has 0 aliphatic carbocycles. The highest BCUT2D eigenvalue weighted by molar-refractivity contribution is 7.11. The van der Waals surface area contributed by atoms with E-state index in [9.17, 15) is 14.5 Å².